The number of hydrogen-bond acceptors (Lipinski definition) is 3. The van der Waals surface area contributed by atoms with E-state index in [0.29, 0.717) is 6.54 Å². The number of hydrogen-bond donors (Lipinski definition) is 2. The van der Waals surface area contributed by atoms with E-state index < -0.39 is 0 Å². The van der Waals surface area contributed by atoms with Crippen molar-refractivity contribution in [2.45, 2.75) is 41.4 Å². The molecule has 0 aliphatic heterocycles. The van der Waals surface area contributed by atoms with Crippen LogP contribution in [0, 0.1) is 0 Å². The van der Waals surface area contributed by atoms with Gasteiger partial charge in [-0.1, -0.05) is 61.4 Å². The fourth-order valence-corrected chi connectivity index (χ4v) is 4.62. The lowest BCUT2D eigenvalue weighted by Gasteiger charge is -2.28. The predicted octanol–water partition coefficient (Wildman–Crippen LogP) is 3.91. The van der Waals surface area contributed by atoms with Crippen LogP contribution in [0.25, 0.3) is 0 Å². The second kappa shape index (κ2) is 7.86. The Hall–Kier alpha value is -1.78. The van der Waals surface area contributed by atoms with E-state index in [9.17, 15) is 4.79 Å². The van der Waals surface area contributed by atoms with Crippen molar-refractivity contribution in [3.8, 4) is 0 Å². The lowest BCUT2D eigenvalue weighted by molar-refractivity contribution is -0.123. The predicted molar refractivity (Wildman–Crippen MR) is 99.9 cm³/mol. The molecule has 0 bridgehead atoms. The van der Waals surface area contributed by atoms with Crippen molar-refractivity contribution in [3.05, 3.63) is 66.2 Å². The standard InChI is InChI=1S/C20H24N2OS/c21-18(16-9-3-1-4-10-16)15-22-19(23)20(13-7-8-14-20)24-17-11-5-2-6-12-17/h1-6,9-12,18H,7-8,13-15,21H2,(H,22,23). The normalized spacial score (nSPS) is 17.4. The summed E-state index contributed by atoms with van der Waals surface area (Å²) in [4.78, 5) is 14.1. The highest BCUT2D eigenvalue weighted by Gasteiger charge is 2.42. The Bertz CT molecular complexity index is 654. The SMILES string of the molecule is NC(CNC(=O)C1(Sc2ccccc2)CCCC1)c1ccccc1. The first-order valence-corrected chi connectivity index (χ1v) is 9.34. The summed E-state index contributed by atoms with van der Waals surface area (Å²) < 4.78 is -0.349. The maximum atomic E-state index is 12.9. The third kappa shape index (κ3) is 4.00. The van der Waals surface area contributed by atoms with Gasteiger partial charge in [0.25, 0.3) is 0 Å². The lowest BCUT2D eigenvalue weighted by Crippen LogP contribution is -2.44. The van der Waals surface area contributed by atoms with E-state index in [-0.39, 0.29) is 16.7 Å². The van der Waals surface area contributed by atoms with Gasteiger partial charge in [0.15, 0.2) is 0 Å². The number of benzene rings is 2. The van der Waals surface area contributed by atoms with Crippen molar-refractivity contribution in [2.75, 3.05) is 6.54 Å². The third-order valence-electron chi connectivity index (χ3n) is 4.59. The van der Waals surface area contributed by atoms with Crippen LogP contribution in [0.15, 0.2) is 65.6 Å². The summed E-state index contributed by atoms with van der Waals surface area (Å²) in [5.74, 6) is 0.125. The Labute approximate surface area is 148 Å². The molecule has 1 saturated carbocycles. The molecule has 1 unspecified atom stereocenters. The molecular weight excluding hydrogens is 316 g/mol. The molecule has 1 atom stereocenters. The molecule has 126 valence electrons. The number of amides is 1. The molecule has 1 amide bonds. The van der Waals surface area contributed by atoms with Crippen molar-refractivity contribution >= 4 is 17.7 Å². The molecule has 3 rings (SSSR count). The number of rotatable bonds is 6. The van der Waals surface area contributed by atoms with Gasteiger partial charge in [0.05, 0.1) is 4.75 Å². The summed E-state index contributed by atoms with van der Waals surface area (Å²) in [6.45, 7) is 0.472. The molecule has 1 fully saturated rings. The molecule has 0 heterocycles. The van der Waals surface area contributed by atoms with Crippen molar-refractivity contribution in [1.29, 1.82) is 0 Å². The van der Waals surface area contributed by atoms with Gasteiger partial charge in [0, 0.05) is 17.5 Å². The Morgan fingerprint density at radius 3 is 2.25 bits per heavy atom. The highest BCUT2D eigenvalue weighted by molar-refractivity contribution is 8.01. The van der Waals surface area contributed by atoms with Gasteiger partial charge in [-0.25, -0.2) is 0 Å². The summed E-state index contributed by atoms with van der Waals surface area (Å²) in [6, 6.07) is 20.0. The molecule has 3 nitrogen and oxygen atoms in total. The van der Waals surface area contributed by atoms with E-state index in [1.807, 2.05) is 48.5 Å². The largest absolute Gasteiger partial charge is 0.353 e. The summed E-state index contributed by atoms with van der Waals surface area (Å²) in [5, 5.41) is 3.10. The quantitative estimate of drug-likeness (QED) is 0.838. The third-order valence-corrected chi connectivity index (χ3v) is 6.08. The summed E-state index contributed by atoms with van der Waals surface area (Å²) in [6.07, 6.45) is 4.08. The van der Waals surface area contributed by atoms with Gasteiger partial charge >= 0.3 is 0 Å². The first-order chi connectivity index (χ1) is 11.7. The molecular formula is C20H24N2OS. The molecule has 0 aromatic heterocycles. The zero-order valence-electron chi connectivity index (χ0n) is 13.8. The first-order valence-electron chi connectivity index (χ1n) is 8.52. The van der Waals surface area contributed by atoms with Crippen LogP contribution in [-0.4, -0.2) is 17.2 Å². The van der Waals surface area contributed by atoms with E-state index >= 15 is 0 Å². The highest BCUT2D eigenvalue weighted by atomic mass is 32.2. The minimum absolute atomic E-state index is 0.125. The zero-order chi connectivity index (χ0) is 16.8. The van der Waals surface area contributed by atoms with Crippen LogP contribution in [-0.2, 0) is 4.79 Å². The van der Waals surface area contributed by atoms with E-state index in [1.54, 1.807) is 11.8 Å². The fourth-order valence-electron chi connectivity index (χ4n) is 3.22. The van der Waals surface area contributed by atoms with Crippen molar-refractivity contribution < 1.29 is 4.79 Å². The average Bonchev–Trinajstić information content (AvgIpc) is 3.10. The topological polar surface area (TPSA) is 55.1 Å². The van der Waals surface area contributed by atoms with Gasteiger partial charge in [-0.15, -0.1) is 11.8 Å². The van der Waals surface area contributed by atoms with Crippen molar-refractivity contribution in [3.63, 3.8) is 0 Å². The van der Waals surface area contributed by atoms with E-state index in [2.05, 4.69) is 17.4 Å². The van der Waals surface area contributed by atoms with Crippen LogP contribution in [0.3, 0.4) is 0 Å². The minimum atomic E-state index is -0.349. The van der Waals surface area contributed by atoms with Gasteiger partial charge in [-0.3, -0.25) is 4.79 Å². The number of nitrogens with one attached hydrogen (secondary N) is 1. The minimum Gasteiger partial charge on any atom is -0.353 e. The summed E-state index contributed by atoms with van der Waals surface area (Å²) >= 11 is 1.70. The van der Waals surface area contributed by atoms with Gasteiger partial charge in [0.2, 0.25) is 5.91 Å². The van der Waals surface area contributed by atoms with Crippen LogP contribution in [0.1, 0.15) is 37.3 Å². The average molecular weight is 340 g/mol. The molecule has 4 heteroatoms. The van der Waals surface area contributed by atoms with E-state index in [0.717, 1.165) is 36.1 Å². The van der Waals surface area contributed by atoms with Crippen LogP contribution in [0.2, 0.25) is 0 Å². The van der Waals surface area contributed by atoms with Gasteiger partial charge in [-0.05, 0) is 30.5 Å². The maximum Gasteiger partial charge on any atom is 0.236 e. The number of nitrogens with two attached hydrogens (primary N) is 1. The molecule has 3 N–H and O–H groups in total. The first kappa shape index (κ1) is 17.1. The Balaban J connectivity index is 1.64. The van der Waals surface area contributed by atoms with Crippen LogP contribution in [0.4, 0.5) is 0 Å². The Morgan fingerprint density at radius 1 is 1.04 bits per heavy atom. The smallest absolute Gasteiger partial charge is 0.236 e. The van der Waals surface area contributed by atoms with Crippen LogP contribution in [0.5, 0.6) is 0 Å². The molecule has 0 radical (unpaired) electrons. The Kier molecular flexibility index (Phi) is 5.59. The monoisotopic (exact) mass is 340 g/mol. The fraction of sp³-hybridized carbons (Fsp3) is 0.350. The van der Waals surface area contributed by atoms with E-state index in [4.69, 9.17) is 5.73 Å². The molecule has 2 aromatic rings. The second-order valence-electron chi connectivity index (χ2n) is 6.34. The zero-order valence-corrected chi connectivity index (χ0v) is 14.6. The van der Waals surface area contributed by atoms with Gasteiger partial charge in [-0.2, -0.15) is 0 Å². The number of carbonyl (C=O) groups is 1. The van der Waals surface area contributed by atoms with Gasteiger partial charge < -0.3 is 11.1 Å². The number of carbonyl (C=O) groups excluding carboxylic acids is 1. The second-order valence-corrected chi connectivity index (χ2v) is 7.80. The molecule has 0 spiro atoms. The van der Waals surface area contributed by atoms with Crippen molar-refractivity contribution in [1.82, 2.24) is 5.32 Å². The summed E-state index contributed by atoms with van der Waals surface area (Å²) in [5.41, 5.74) is 7.27. The van der Waals surface area contributed by atoms with E-state index in [1.165, 1.54) is 0 Å². The lowest BCUT2D eigenvalue weighted by atomic mass is 10.0. The highest BCUT2D eigenvalue weighted by Crippen LogP contribution is 2.45. The molecule has 2 aromatic carbocycles. The molecule has 24 heavy (non-hydrogen) atoms. The maximum absolute atomic E-state index is 12.9. The summed E-state index contributed by atoms with van der Waals surface area (Å²) in [7, 11) is 0. The van der Waals surface area contributed by atoms with Crippen LogP contribution < -0.4 is 11.1 Å². The number of thioether (sulfide) groups is 1. The Morgan fingerprint density at radius 2 is 1.62 bits per heavy atom. The molecule has 0 saturated heterocycles. The van der Waals surface area contributed by atoms with Gasteiger partial charge in [0.1, 0.15) is 0 Å². The van der Waals surface area contributed by atoms with Crippen LogP contribution >= 0.6 is 11.8 Å². The van der Waals surface area contributed by atoms with Crippen molar-refractivity contribution in [2.24, 2.45) is 5.73 Å². The molecule has 1 aliphatic rings. The molecule has 1 aliphatic carbocycles.